The summed E-state index contributed by atoms with van der Waals surface area (Å²) in [7, 11) is 0. The molecule has 7 nitrogen and oxygen atoms in total. The number of carbonyl (C=O) groups excluding carboxylic acids is 2. The molecule has 7 heteroatoms. The minimum atomic E-state index is -1.03. The van der Waals surface area contributed by atoms with Crippen LogP contribution in [0.3, 0.4) is 0 Å². The Hall–Kier alpha value is -1.79. The average molecular weight is 285 g/mol. The second-order valence-electron chi connectivity index (χ2n) is 5.42. The summed E-state index contributed by atoms with van der Waals surface area (Å²) in [5.74, 6) is -0.741. The first-order chi connectivity index (χ1) is 9.38. The summed E-state index contributed by atoms with van der Waals surface area (Å²) in [5.41, 5.74) is 0. The minimum absolute atomic E-state index is 0.0663. The van der Waals surface area contributed by atoms with E-state index in [0.717, 1.165) is 12.8 Å². The van der Waals surface area contributed by atoms with Crippen molar-refractivity contribution in [2.75, 3.05) is 19.6 Å². The van der Waals surface area contributed by atoms with Crippen molar-refractivity contribution in [3.8, 4) is 0 Å². The maximum absolute atomic E-state index is 11.9. The van der Waals surface area contributed by atoms with Gasteiger partial charge in [-0.15, -0.1) is 0 Å². The first kappa shape index (κ1) is 16.3. The molecule has 0 aromatic carbocycles. The minimum Gasteiger partial charge on any atom is -0.480 e. The van der Waals surface area contributed by atoms with Gasteiger partial charge >= 0.3 is 12.0 Å². The van der Waals surface area contributed by atoms with Crippen LogP contribution in [-0.4, -0.2) is 53.6 Å². The van der Waals surface area contributed by atoms with E-state index in [2.05, 4.69) is 10.6 Å². The molecule has 1 aliphatic carbocycles. The predicted molar refractivity (Wildman–Crippen MR) is 73.2 cm³/mol. The summed E-state index contributed by atoms with van der Waals surface area (Å²) in [6.45, 7) is 4.09. The Morgan fingerprint density at radius 2 is 1.95 bits per heavy atom. The first-order valence-corrected chi connectivity index (χ1v) is 6.92. The maximum Gasteiger partial charge on any atom is 0.323 e. The van der Waals surface area contributed by atoms with E-state index in [9.17, 15) is 14.4 Å². The molecule has 0 bridgehead atoms. The third kappa shape index (κ3) is 6.96. The van der Waals surface area contributed by atoms with Crippen molar-refractivity contribution in [3.63, 3.8) is 0 Å². The van der Waals surface area contributed by atoms with Gasteiger partial charge < -0.3 is 20.6 Å². The number of carboxylic acid groups (broad SMARTS) is 1. The monoisotopic (exact) mass is 285 g/mol. The Kier molecular flexibility index (Phi) is 6.27. The Labute approximate surface area is 118 Å². The molecule has 0 aromatic rings. The van der Waals surface area contributed by atoms with Crippen LogP contribution in [0.2, 0.25) is 0 Å². The first-order valence-electron chi connectivity index (χ1n) is 6.92. The van der Waals surface area contributed by atoms with E-state index in [1.165, 1.54) is 4.90 Å². The molecule has 20 heavy (non-hydrogen) atoms. The Bertz CT molecular complexity index is 367. The smallest absolute Gasteiger partial charge is 0.323 e. The molecule has 114 valence electrons. The van der Waals surface area contributed by atoms with Gasteiger partial charge in [0.05, 0.1) is 0 Å². The highest BCUT2D eigenvalue weighted by Gasteiger charge is 2.27. The molecule has 0 saturated heterocycles. The van der Waals surface area contributed by atoms with E-state index in [1.807, 2.05) is 13.8 Å². The maximum atomic E-state index is 11.9. The molecule has 0 spiro atoms. The average Bonchev–Trinajstić information content (AvgIpc) is 3.10. The number of hydrogen-bond acceptors (Lipinski definition) is 3. The number of aliphatic carboxylic acids is 1. The molecule has 0 unspecified atom stereocenters. The molecule has 0 aliphatic heterocycles. The molecular weight excluding hydrogens is 262 g/mol. The fraction of sp³-hybridized carbons (Fsp3) is 0.769. The largest absolute Gasteiger partial charge is 0.480 e. The molecule has 1 fully saturated rings. The van der Waals surface area contributed by atoms with Crippen LogP contribution in [-0.2, 0) is 9.59 Å². The summed E-state index contributed by atoms with van der Waals surface area (Å²) in [6, 6.07) is -0.353. The number of amides is 3. The van der Waals surface area contributed by atoms with E-state index < -0.39 is 12.0 Å². The number of nitrogens with zero attached hydrogens (tertiary/aromatic N) is 1. The lowest BCUT2D eigenvalue weighted by Crippen LogP contribution is -2.45. The molecule has 0 atom stereocenters. The third-order valence-electron chi connectivity index (χ3n) is 2.87. The number of nitrogens with one attached hydrogen (secondary N) is 2. The summed E-state index contributed by atoms with van der Waals surface area (Å²) in [5, 5.41) is 14.1. The Morgan fingerprint density at radius 3 is 2.45 bits per heavy atom. The highest BCUT2D eigenvalue weighted by molar-refractivity contribution is 5.81. The van der Waals surface area contributed by atoms with Crippen molar-refractivity contribution in [2.24, 2.45) is 5.92 Å². The van der Waals surface area contributed by atoms with Crippen LogP contribution in [0.5, 0.6) is 0 Å². The van der Waals surface area contributed by atoms with E-state index in [0.29, 0.717) is 12.5 Å². The summed E-state index contributed by atoms with van der Waals surface area (Å²) < 4.78 is 0. The molecule has 3 N–H and O–H groups in total. The SMILES string of the molecule is CC(C)NC(=O)CCNC(=O)N(CC(=O)O)CC1CC1. The van der Waals surface area contributed by atoms with Gasteiger partial charge in [-0.25, -0.2) is 4.79 Å². The van der Waals surface area contributed by atoms with Crippen molar-refractivity contribution in [2.45, 2.75) is 39.2 Å². The van der Waals surface area contributed by atoms with Crippen LogP contribution in [0.4, 0.5) is 4.79 Å². The van der Waals surface area contributed by atoms with Gasteiger partial charge in [-0.2, -0.15) is 0 Å². The van der Waals surface area contributed by atoms with Crippen molar-refractivity contribution in [1.29, 1.82) is 0 Å². The van der Waals surface area contributed by atoms with Crippen LogP contribution in [0.1, 0.15) is 33.1 Å². The number of carbonyl (C=O) groups is 3. The molecule has 0 heterocycles. The molecular formula is C13H23N3O4. The normalized spacial score (nSPS) is 13.9. The van der Waals surface area contributed by atoms with Crippen LogP contribution in [0.25, 0.3) is 0 Å². The lowest BCUT2D eigenvalue weighted by Gasteiger charge is -2.21. The van der Waals surface area contributed by atoms with Crippen LogP contribution >= 0.6 is 0 Å². The number of rotatable bonds is 8. The molecule has 3 amide bonds. The van der Waals surface area contributed by atoms with Crippen LogP contribution in [0.15, 0.2) is 0 Å². The van der Waals surface area contributed by atoms with Gasteiger partial charge in [0.1, 0.15) is 6.54 Å². The lowest BCUT2D eigenvalue weighted by molar-refractivity contribution is -0.137. The van der Waals surface area contributed by atoms with Gasteiger partial charge in [0, 0.05) is 25.6 Å². The van der Waals surface area contributed by atoms with Crippen molar-refractivity contribution in [3.05, 3.63) is 0 Å². The van der Waals surface area contributed by atoms with Gasteiger partial charge in [-0.05, 0) is 32.6 Å². The van der Waals surface area contributed by atoms with Crippen molar-refractivity contribution in [1.82, 2.24) is 15.5 Å². The fourth-order valence-corrected chi connectivity index (χ4v) is 1.78. The molecule has 0 radical (unpaired) electrons. The number of hydrogen-bond donors (Lipinski definition) is 3. The van der Waals surface area contributed by atoms with E-state index in [1.54, 1.807) is 0 Å². The lowest BCUT2D eigenvalue weighted by atomic mass is 10.3. The van der Waals surface area contributed by atoms with Crippen molar-refractivity contribution < 1.29 is 19.5 Å². The summed E-state index contributed by atoms with van der Waals surface area (Å²) in [4.78, 5) is 35.3. The molecule has 1 rings (SSSR count). The second kappa shape index (κ2) is 7.72. The molecule has 0 aromatic heterocycles. The fourth-order valence-electron chi connectivity index (χ4n) is 1.78. The van der Waals surface area contributed by atoms with E-state index >= 15 is 0 Å². The van der Waals surface area contributed by atoms with Crippen LogP contribution < -0.4 is 10.6 Å². The highest BCUT2D eigenvalue weighted by atomic mass is 16.4. The highest BCUT2D eigenvalue weighted by Crippen LogP contribution is 2.29. The van der Waals surface area contributed by atoms with E-state index in [-0.39, 0.29) is 31.5 Å². The topological polar surface area (TPSA) is 98.7 Å². The van der Waals surface area contributed by atoms with Gasteiger partial charge in [-0.1, -0.05) is 0 Å². The number of urea groups is 1. The van der Waals surface area contributed by atoms with Crippen molar-refractivity contribution >= 4 is 17.9 Å². The third-order valence-corrected chi connectivity index (χ3v) is 2.87. The number of carboxylic acids is 1. The van der Waals surface area contributed by atoms with Gasteiger partial charge in [-0.3, -0.25) is 9.59 Å². The predicted octanol–water partition coefficient (Wildman–Crippen LogP) is 0.407. The van der Waals surface area contributed by atoms with Gasteiger partial charge in [0.2, 0.25) is 5.91 Å². The molecule has 1 saturated carbocycles. The zero-order chi connectivity index (χ0) is 15.1. The zero-order valence-corrected chi connectivity index (χ0v) is 12.0. The van der Waals surface area contributed by atoms with Crippen LogP contribution in [0, 0.1) is 5.92 Å². The summed E-state index contributed by atoms with van der Waals surface area (Å²) in [6.07, 6.45) is 2.27. The Balaban J connectivity index is 2.29. The zero-order valence-electron chi connectivity index (χ0n) is 12.0. The Morgan fingerprint density at radius 1 is 1.30 bits per heavy atom. The standard InChI is InChI=1S/C13H23N3O4/c1-9(2)15-11(17)5-6-14-13(20)16(8-12(18)19)7-10-3-4-10/h9-10H,3-8H2,1-2H3,(H,14,20)(H,15,17)(H,18,19). The van der Waals surface area contributed by atoms with Gasteiger partial charge in [0.25, 0.3) is 0 Å². The van der Waals surface area contributed by atoms with Gasteiger partial charge in [0.15, 0.2) is 0 Å². The van der Waals surface area contributed by atoms with E-state index in [4.69, 9.17) is 5.11 Å². The molecule has 1 aliphatic rings. The quantitative estimate of drug-likeness (QED) is 0.601. The second-order valence-corrected chi connectivity index (χ2v) is 5.42. The summed E-state index contributed by atoms with van der Waals surface area (Å²) >= 11 is 0.